The number of hydrogen-bond donors (Lipinski definition) is 0. The van der Waals surface area contributed by atoms with E-state index in [9.17, 15) is 14.4 Å². The normalized spacial score (nSPS) is 29.3. The molecule has 30 heavy (non-hydrogen) atoms. The minimum Gasteiger partial charge on any atom is -0.454 e. The standard InChI is InChI=1S/C24H28N2O4/c1-3-26-20-5-4-18(9-19(20)25-14(2)22(26)28)23(29)30-13-21(27)24-10-15-6-16(11-24)8-17(7-15)12-24/h4-5,9,15-17H,3,6-8,10-13H2,1-2H3. The highest BCUT2D eigenvalue weighted by molar-refractivity contribution is 5.95. The largest absolute Gasteiger partial charge is 0.454 e. The maximum Gasteiger partial charge on any atom is 0.338 e. The molecule has 0 atom stereocenters. The Balaban J connectivity index is 1.32. The number of Topliss-reactive ketones (excluding diaryl/α,β-unsaturated/α-hetero) is 1. The molecule has 1 heterocycles. The van der Waals surface area contributed by atoms with E-state index in [1.807, 2.05) is 6.92 Å². The molecule has 0 radical (unpaired) electrons. The van der Waals surface area contributed by atoms with Crippen molar-refractivity contribution in [3.63, 3.8) is 0 Å². The molecule has 4 saturated carbocycles. The second kappa shape index (κ2) is 7.03. The number of hydrogen-bond acceptors (Lipinski definition) is 5. The van der Waals surface area contributed by atoms with Crippen LogP contribution < -0.4 is 5.56 Å². The Bertz CT molecular complexity index is 1070. The van der Waals surface area contributed by atoms with E-state index in [-0.39, 0.29) is 23.4 Å². The first-order chi connectivity index (χ1) is 14.4. The summed E-state index contributed by atoms with van der Waals surface area (Å²) >= 11 is 0. The molecule has 6 heteroatoms. The van der Waals surface area contributed by atoms with Gasteiger partial charge >= 0.3 is 5.97 Å². The number of nitrogens with zero attached hydrogens (tertiary/aromatic N) is 2. The Labute approximate surface area is 175 Å². The predicted octanol–water partition coefficient (Wildman–Crippen LogP) is 3.67. The predicted molar refractivity (Wildman–Crippen MR) is 112 cm³/mol. The lowest BCUT2D eigenvalue weighted by Gasteiger charge is -2.55. The van der Waals surface area contributed by atoms with Gasteiger partial charge in [-0.2, -0.15) is 0 Å². The number of fused-ring (bicyclic) bond motifs is 1. The Morgan fingerprint density at radius 2 is 1.77 bits per heavy atom. The lowest BCUT2D eigenvalue weighted by atomic mass is 9.48. The van der Waals surface area contributed by atoms with Crippen molar-refractivity contribution in [1.29, 1.82) is 0 Å². The summed E-state index contributed by atoms with van der Waals surface area (Å²) in [6, 6.07) is 5.01. The van der Waals surface area contributed by atoms with E-state index >= 15 is 0 Å². The van der Waals surface area contributed by atoms with Crippen LogP contribution in [-0.4, -0.2) is 27.9 Å². The molecule has 0 spiro atoms. The van der Waals surface area contributed by atoms with Gasteiger partial charge in [-0.25, -0.2) is 9.78 Å². The van der Waals surface area contributed by atoms with Crippen LogP contribution in [-0.2, 0) is 16.1 Å². The summed E-state index contributed by atoms with van der Waals surface area (Å²) in [5, 5.41) is 0. The minimum absolute atomic E-state index is 0.101. The first kappa shape index (κ1) is 19.5. The third-order valence-corrected chi connectivity index (χ3v) is 7.63. The molecule has 6 rings (SSSR count). The summed E-state index contributed by atoms with van der Waals surface area (Å²) < 4.78 is 7.10. The first-order valence-corrected chi connectivity index (χ1v) is 11.1. The summed E-state index contributed by atoms with van der Waals surface area (Å²) in [4.78, 5) is 42.3. The fourth-order valence-electron chi connectivity index (χ4n) is 6.64. The fraction of sp³-hybridized carbons (Fsp3) is 0.583. The molecule has 4 aliphatic rings. The average molecular weight is 408 g/mol. The topological polar surface area (TPSA) is 78.3 Å². The Hall–Kier alpha value is -2.50. The number of rotatable bonds is 5. The Morgan fingerprint density at radius 3 is 2.37 bits per heavy atom. The van der Waals surface area contributed by atoms with E-state index in [0.717, 1.165) is 19.3 Å². The van der Waals surface area contributed by atoms with Crippen LogP contribution in [0.5, 0.6) is 0 Å². The number of ether oxygens (including phenoxy) is 1. The lowest BCUT2D eigenvalue weighted by Crippen LogP contribution is -2.51. The minimum atomic E-state index is -0.510. The molecule has 2 aromatic rings. The molecular formula is C24H28N2O4. The average Bonchev–Trinajstić information content (AvgIpc) is 2.71. The molecular weight excluding hydrogens is 380 g/mol. The molecule has 0 saturated heterocycles. The van der Waals surface area contributed by atoms with Crippen molar-refractivity contribution in [2.24, 2.45) is 23.2 Å². The van der Waals surface area contributed by atoms with Gasteiger partial charge in [0.05, 0.1) is 16.6 Å². The van der Waals surface area contributed by atoms with Crippen molar-refractivity contribution >= 4 is 22.8 Å². The molecule has 4 bridgehead atoms. The maximum absolute atomic E-state index is 13.1. The lowest BCUT2D eigenvalue weighted by molar-refractivity contribution is -0.147. The quantitative estimate of drug-likeness (QED) is 0.706. The van der Waals surface area contributed by atoms with Gasteiger partial charge in [0.2, 0.25) is 0 Å². The number of esters is 1. The zero-order chi connectivity index (χ0) is 21.0. The van der Waals surface area contributed by atoms with Crippen molar-refractivity contribution in [1.82, 2.24) is 9.55 Å². The Morgan fingerprint density at radius 1 is 1.13 bits per heavy atom. The van der Waals surface area contributed by atoms with E-state index in [0.29, 0.717) is 46.6 Å². The van der Waals surface area contributed by atoms with Gasteiger partial charge in [0.25, 0.3) is 5.56 Å². The van der Waals surface area contributed by atoms with Crippen LogP contribution in [0.4, 0.5) is 0 Å². The third kappa shape index (κ3) is 3.08. The number of carbonyl (C=O) groups is 2. The highest BCUT2D eigenvalue weighted by Gasteiger charge is 2.54. The highest BCUT2D eigenvalue weighted by atomic mass is 16.5. The maximum atomic E-state index is 13.1. The highest BCUT2D eigenvalue weighted by Crippen LogP contribution is 2.60. The second-order valence-corrected chi connectivity index (χ2v) is 9.65. The van der Waals surface area contributed by atoms with Crippen molar-refractivity contribution in [3.8, 4) is 0 Å². The molecule has 1 aromatic heterocycles. The number of aromatic nitrogens is 2. The second-order valence-electron chi connectivity index (χ2n) is 9.65. The molecule has 0 N–H and O–H groups in total. The summed E-state index contributed by atoms with van der Waals surface area (Å²) in [7, 11) is 0. The van der Waals surface area contributed by atoms with Gasteiger partial charge in [0, 0.05) is 12.0 Å². The van der Waals surface area contributed by atoms with Crippen LogP contribution in [0.1, 0.15) is 61.5 Å². The van der Waals surface area contributed by atoms with Crippen molar-refractivity contribution in [2.75, 3.05) is 6.61 Å². The van der Waals surface area contributed by atoms with Gasteiger partial charge in [-0.15, -0.1) is 0 Å². The number of benzene rings is 1. The van der Waals surface area contributed by atoms with Crippen molar-refractivity contribution < 1.29 is 14.3 Å². The van der Waals surface area contributed by atoms with Gasteiger partial charge in [-0.1, -0.05) is 0 Å². The van der Waals surface area contributed by atoms with Crippen LogP contribution in [0, 0.1) is 30.1 Å². The summed E-state index contributed by atoms with van der Waals surface area (Å²) in [6.07, 6.45) is 6.76. The molecule has 158 valence electrons. The van der Waals surface area contributed by atoms with E-state index < -0.39 is 5.97 Å². The zero-order valence-electron chi connectivity index (χ0n) is 17.6. The van der Waals surface area contributed by atoms with Crippen molar-refractivity contribution in [3.05, 3.63) is 39.8 Å². The van der Waals surface area contributed by atoms with E-state index in [1.54, 1.807) is 29.7 Å². The molecule has 4 aliphatic carbocycles. The molecule has 1 aromatic carbocycles. The van der Waals surface area contributed by atoms with E-state index in [4.69, 9.17) is 4.74 Å². The summed E-state index contributed by atoms with van der Waals surface area (Å²) in [5.41, 5.74) is 1.64. The van der Waals surface area contributed by atoms with Gasteiger partial charge in [0.1, 0.15) is 5.69 Å². The molecule has 0 unspecified atom stereocenters. The monoisotopic (exact) mass is 408 g/mol. The van der Waals surface area contributed by atoms with Crippen LogP contribution in [0.15, 0.2) is 23.0 Å². The van der Waals surface area contributed by atoms with Crippen LogP contribution in [0.3, 0.4) is 0 Å². The summed E-state index contributed by atoms with van der Waals surface area (Å²) in [6.45, 7) is 3.95. The Kier molecular flexibility index (Phi) is 4.56. The van der Waals surface area contributed by atoms with Gasteiger partial charge in [0.15, 0.2) is 12.4 Å². The van der Waals surface area contributed by atoms with Crippen LogP contribution >= 0.6 is 0 Å². The third-order valence-electron chi connectivity index (χ3n) is 7.63. The van der Waals surface area contributed by atoms with E-state index in [1.165, 1.54) is 19.3 Å². The first-order valence-electron chi connectivity index (χ1n) is 11.1. The molecule has 4 fully saturated rings. The fourth-order valence-corrected chi connectivity index (χ4v) is 6.64. The molecule has 0 amide bonds. The van der Waals surface area contributed by atoms with Gasteiger partial charge in [-0.3, -0.25) is 9.59 Å². The van der Waals surface area contributed by atoms with Crippen LogP contribution in [0.2, 0.25) is 0 Å². The van der Waals surface area contributed by atoms with Crippen molar-refractivity contribution in [2.45, 2.75) is 58.9 Å². The zero-order valence-corrected chi connectivity index (χ0v) is 17.6. The van der Waals surface area contributed by atoms with Crippen LogP contribution in [0.25, 0.3) is 11.0 Å². The summed E-state index contributed by atoms with van der Waals surface area (Å²) in [5.74, 6) is 1.64. The SMILES string of the molecule is CCn1c(=O)c(C)nc2cc(C(=O)OCC(=O)C34CC5CC(CC(C5)C3)C4)ccc21. The van der Waals surface area contributed by atoms with E-state index in [2.05, 4.69) is 4.98 Å². The number of aryl methyl sites for hydroxylation is 2. The number of carbonyl (C=O) groups excluding carboxylic acids is 2. The van der Waals surface area contributed by atoms with Gasteiger partial charge in [-0.05, 0) is 88.3 Å². The number of ketones is 1. The smallest absolute Gasteiger partial charge is 0.338 e. The molecule has 0 aliphatic heterocycles. The molecule has 6 nitrogen and oxygen atoms in total. The van der Waals surface area contributed by atoms with Gasteiger partial charge < -0.3 is 9.30 Å².